The highest BCUT2D eigenvalue weighted by Crippen LogP contribution is 2.23. The molecule has 0 bridgehead atoms. The minimum absolute atomic E-state index is 0.110. The van der Waals surface area contributed by atoms with Crippen LogP contribution in [-0.2, 0) is 9.53 Å². The van der Waals surface area contributed by atoms with Crippen LogP contribution in [0.1, 0.15) is 19.8 Å². The second kappa shape index (κ2) is 3.41. The number of hydrogen-bond donors (Lipinski definition) is 2. The quantitative estimate of drug-likeness (QED) is 0.597. The van der Waals surface area contributed by atoms with E-state index >= 15 is 0 Å². The first kappa shape index (κ1) is 9.48. The van der Waals surface area contributed by atoms with Gasteiger partial charge in [0.2, 0.25) is 5.91 Å². The number of carbonyl (C=O) groups excluding carboxylic acids is 1. The molecule has 0 spiro atoms. The summed E-state index contributed by atoms with van der Waals surface area (Å²) in [6, 6.07) is 0. The monoisotopic (exact) mass is 172 g/mol. The normalized spacial score (nSPS) is 36.3. The molecule has 1 saturated heterocycles. The Morgan fingerprint density at radius 1 is 1.75 bits per heavy atom. The van der Waals surface area contributed by atoms with Crippen LogP contribution in [0.5, 0.6) is 0 Å². The molecule has 2 unspecified atom stereocenters. The van der Waals surface area contributed by atoms with E-state index in [-0.39, 0.29) is 12.0 Å². The highest BCUT2D eigenvalue weighted by Gasteiger charge is 2.39. The highest BCUT2D eigenvalue weighted by molar-refractivity contribution is 5.84. The van der Waals surface area contributed by atoms with Crippen molar-refractivity contribution in [3.63, 3.8) is 0 Å². The predicted molar refractivity (Wildman–Crippen MR) is 45.6 cm³/mol. The topological polar surface area (TPSA) is 64.3 Å². The highest BCUT2D eigenvalue weighted by atomic mass is 16.5. The number of primary amides is 1. The molecule has 1 fully saturated rings. The van der Waals surface area contributed by atoms with Crippen LogP contribution in [0.25, 0.3) is 0 Å². The van der Waals surface area contributed by atoms with Crippen molar-refractivity contribution in [1.82, 2.24) is 5.32 Å². The number of hydrogen-bond acceptors (Lipinski definition) is 3. The molecule has 2 atom stereocenters. The Bertz CT molecular complexity index is 184. The first-order chi connectivity index (χ1) is 5.60. The first-order valence-electron chi connectivity index (χ1n) is 4.21. The Balaban J connectivity index is 2.71. The average molecular weight is 172 g/mol. The lowest BCUT2D eigenvalue weighted by atomic mass is 9.86. The van der Waals surface area contributed by atoms with E-state index in [2.05, 4.69) is 5.32 Å². The molecule has 1 aliphatic heterocycles. The van der Waals surface area contributed by atoms with Crippen LogP contribution in [-0.4, -0.2) is 31.2 Å². The van der Waals surface area contributed by atoms with Gasteiger partial charge in [0, 0.05) is 13.0 Å². The van der Waals surface area contributed by atoms with E-state index in [1.54, 1.807) is 7.05 Å². The molecule has 12 heavy (non-hydrogen) atoms. The third kappa shape index (κ3) is 1.59. The lowest BCUT2D eigenvalue weighted by Crippen LogP contribution is -2.58. The van der Waals surface area contributed by atoms with Crippen molar-refractivity contribution in [2.24, 2.45) is 5.73 Å². The van der Waals surface area contributed by atoms with E-state index in [1.165, 1.54) is 0 Å². The van der Waals surface area contributed by atoms with Crippen LogP contribution in [0.3, 0.4) is 0 Å². The standard InChI is InChI=1S/C8H16N2O2/c1-6-5-8(10-2,7(9)11)3-4-12-6/h6,10H,3-5H2,1-2H3,(H2,9,11). The lowest BCUT2D eigenvalue weighted by molar-refractivity contribution is -0.130. The number of nitrogens with one attached hydrogen (secondary N) is 1. The zero-order valence-electron chi connectivity index (χ0n) is 7.59. The van der Waals surface area contributed by atoms with Gasteiger partial charge in [0.05, 0.1) is 6.10 Å². The molecular formula is C8H16N2O2. The summed E-state index contributed by atoms with van der Waals surface area (Å²) in [6.45, 7) is 2.55. The molecule has 1 rings (SSSR count). The van der Waals surface area contributed by atoms with Crippen molar-refractivity contribution in [2.75, 3.05) is 13.7 Å². The van der Waals surface area contributed by atoms with E-state index in [1.807, 2.05) is 6.92 Å². The molecule has 0 aromatic rings. The van der Waals surface area contributed by atoms with Crippen molar-refractivity contribution in [2.45, 2.75) is 31.4 Å². The smallest absolute Gasteiger partial charge is 0.237 e. The molecule has 0 aromatic carbocycles. The second-order valence-electron chi connectivity index (χ2n) is 3.33. The molecule has 4 nitrogen and oxygen atoms in total. The Morgan fingerprint density at radius 3 is 2.75 bits per heavy atom. The zero-order chi connectivity index (χ0) is 9.19. The van der Waals surface area contributed by atoms with Gasteiger partial charge < -0.3 is 15.8 Å². The first-order valence-corrected chi connectivity index (χ1v) is 4.21. The van der Waals surface area contributed by atoms with Crippen LogP contribution in [0.2, 0.25) is 0 Å². The van der Waals surface area contributed by atoms with E-state index in [9.17, 15) is 4.79 Å². The summed E-state index contributed by atoms with van der Waals surface area (Å²) < 4.78 is 5.34. The Kier molecular flexibility index (Phi) is 2.69. The Morgan fingerprint density at radius 2 is 2.42 bits per heavy atom. The van der Waals surface area contributed by atoms with Gasteiger partial charge >= 0.3 is 0 Å². The Labute approximate surface area is 72.5 Å². The van der Waals surface area contributed by atoms with E-state index in [0.29, 0.717) is 19.4 Å². The largest absolute Gasteiger partial charge is 0.378 e. The predicted octanol–water partition coefficient (Wildman–Crippen LogP) is -0.371. The van der Waals surface area contributed by atoms with Crippen molar-refractivity contribution >= 4 is 5.91 Å². The van der Waals surface area contributed by atoms with Gasteiger partial charge in [0.1, 0.15) is 5.54 Å². The van der Waals surface area contributed by atoms with Crippen LogP contribution in [0, 0.1) is 0 Å². The fraction of sp³-hybridized carbons (Fsp3) is 0.875. The summed E-state index contributed by atoms with van der Waals surface area (Å²) in [4.78, 5) is 11.2. The second-order valence-corrected chi connectivity index (χ2v) is 3.33. The molecule has 0 saturated carbocycles. The van der Waals surface area contributed by atoms with Crippen molar-refractivity contribution in [3.05, 3.63) is 0 Å². The van der Waals surface area contributed by atoms with Gasteiger partial charge in [-0.15, -0.1) is 0 Å². The molecule has 1 aliphatic rings. The summed E-state index contributed by atoms with van der Waals surface area (Å²) in [6.07, 6.45) is 1.45. The van der Waals surface area contributed by atoms with Crippen LogP contribution >= 0.6 is 0 Å². The fourth-order valence-electron chi connectivity index (χ4n) is 1.66. The summed E-state index contributed by atoms with van der Waals surface area (Å²) in [5.74, 6) is -0.278. The third-order valence-electron chi connectivity index (χ3n) is 2.52. The average Bonchev–Trinajstić information content (AvgIpc) is 2.04. The summed E-state index contributed by atoms with van der Waals surface area (Å²) in [7, 11) is 1.77. The zero-order valence-corrected chi connectivity index (χ0v) is 7.59. The SMILES string of the molecule is CNC1(C(N)=O)CCOC(C)C1. The number of rotatable bonds is 2. The minimum Gasteiger partial charge on any atom is -0.378 e. The summed E-state index contributed by atoms with van der Waals surface area (Å²) in [5, 5.41) is 2.99. The maximum Gasteiger partial charge on any atom is 0.237 e. The van der Waals surface area contributed by atoms with E-state index < -0.39 is 5.54 Å². The number of carbonyl (C=O) groups is 1. The van der Waals surface area contributed by atoms with Gasteiger partial charge in [-0.3, -0.25) is 4.79 Å². The lowest BCUT2D eigenvalue weighted by Gasteiger charge is -2.37. The van der Waals surface area contributed by atoms with Gasteiger partial charge in [0.15, 0.2) is 0 Å². The summed E-state index contributed by atoms with van der Waals surface area (Å²) >= 11 is 0. The van der Waals surface area contributed by atoms with Gasteiger partial charge in [0.25, 0.3) is 0 Å². The van der Waals surface area contributed by atoms with Crippen molar-refractivity contribution < 1.29 is 9.53 Å². The van der Waals surface area contributed by atoms with Crippen molar-refractivity contribution in [3.8, 4) is 0 Å². The molecule has 70 valence electrons. The van der Waals surface area contributed by atoms with Crippen LogP contribution in [0.15, 0.2) is 0 Å². The molecule has 1 amide bonds. The molecule has 1 heterocycles. The van der Waals surface area contributed by atoms with Crippen LogP contribution < -0.4 is 11.1 Å². The molecule has 0 aliphatic carbocycles. The van der Waals surface area contributed by atoms with Gasteiger partial charge in [-0.25, -0.2) is 0 Å². The fourth-order valence-corrected chi connectivity index (χ4v) is 1.66. The van der Waals surface area contributed by atoms with Crippen LogP contribution in [0.4, 0.5) is 0 Å². The number of amides is 1. The van der Waals surface area contributed by atoms with Gasteiger partial charge in [-0.1, -0.05) is 0 Å². The number of likely N-dealkylation sites (N-methyl/N-ethyl adjacent to an activating group) is 1. The number of ether oxygens (including phenoxy) is 1. The van der Waals surface area contributed by atoms with Gasteiger partial charge in [-0.05, 0) is 20.4 Å². The molecule has 3 N–H and O–H groups in total. The Hall–Kier alpha value is -0.610. The molecular weight excluding hydrogens is 156 g/mol. The van der Waals surface area contributed by atoms with Gasteiger partial charge in [-0.2, -0.15) is 0 Å². The molecule has 4 heteroatoms. The third-order valence-corrected chi connectivity index (χ3v) is 2.52. The van der Waals surface area contributed by atoms with E-state index in [0.717, 1.165) is 0 Å². The van der Waals surface area contributed by atoms with Crippen molar-refractivity contribution in [1.29, 1.82) is 0 Å². The maximum absolute atomic E-state index is 11.2. The van der Waals surface area contributed by atoms with E-state index in [4.69, 9.17) is 10.5 Å². The molecule has 0 aromatic heterocycles. The molecule has 0 radical (unpaired) electrons. The minimum atomic E-state index is -0.544. The summed E-state index contributed by atoms with van der Waals surface area (Å²) in [5.41, 5.74) is 4.77. The maximum atomic E-state index is 11.2. The number of nitrogens with two attached hydrogens (primary N) is 1.